The quantitative estimate of drug-likeness (QED) is 0.560. The smallest absolute Gasteiger partial charge is 0.230 e. The van der Waals surface area contributed by atoms with E-state index >= 15 is 0 Å². The van der Waals surface area contributed by atoms with Crippen molar-refractivity contribution in [1.82, 2.24) is 14.8 Å². The molecule has 0 bridgehead atoms. The van der Waals surface area contributed by atoms with Crippen LogP contribution in [0.5, 0.6) is 0 Å². The number of rotatable bonds is 4. The number of anilines is 1. The second-order valence-electron chi connectivity index (χ2n) is 6.15. The number of H-pyrrole nitrogens is 1. The number of hydrogen-bond acceptors (Lipinski definition) is 2. The Bertz CT molecular complexity index is 1100. The molecule has 2 aromatic heterocycles. The number of aromatic amines is 1. The maximum atomic E-state index is 12.6. The molecule has 0 aliphatic rings. The van der Waals surface area contributed by atoms with Crippen LogP contribution in [0.2, 0.25) is 5.02 Å². The largest absolute Gasteiger partial charge is 0.361 e. The standard InChI is InChI=1S/C20H17ClN4O/c1-13-9-19(25(24-13)16-6-4-5-15(21)11-16)23-20(26)10-14-12-22-18-8-3-2-7-17(14)18/h2-9,11-12,22H,10H2,1H3,(H,23,26). The fraction of sp³-hybridized carbons (Fsp3) is 0.100. The number of benzene rings is 2. The zero-order valence-corrected chi connectivity index (χ0v) is 14.9. The summed E-state index contributed by atoms with van der Waals surface area (Å²) in [5.74, 6) is 0.521. The van der Waals surface area contributed by atoms with Gasteiger partial charge in [-0.05, 0) is 36.8 Å². The number of amides is 1. The molecular formula is C20H17ClN4O. The predicted octanol–water partition coefficient (Wildman–Crippen LogP) is 4.50. The number of halogens is 1. The molecule has 0 unspecified atom stereocenters. The van der Waals surface area contributed by atoms with Gasteiger partial charge in [-0.25, -0.2) is 4.68 Å². The highest BCUT2D eigenvalue weighted by atomic mass is 35.5. The van der Waals surface area contributed by atoms with E-state index in [1.165, 1.54) is 0 Å². The highest BCUT2D eigenvalue weighted by molar-refractivity contribution is 6.30. The van der Waals surface area contributed by atoms with Gasteiger partial charge in [0.15, 0.2) is 0 Å². The molecule has 0 fully saturated rings. The zero-order chi connectivity index (χ0) is 18.1. The van der Waals surface area contributed by atoms with Gasteiger partial charge in [0.05, 0.1) is 17.8 Å². The van der Waals surface area contributed by atoms with Crippen LogP contribution in [-0.2, 0) is 11.2 Å². The second-order valence-corrected chi connectivity index (χ2v) is 6.58. The summed E-state index contributed by atoms with van der Waals surface area (Å²) in [6.07, 6.45) is 2.16. The van der Waals surface area contributed by atoms with E-state index in [9.17, 15) is 4.79 Å². The van der Waals surface area contributed by atoms with Crippen LogP contribution >= 0.6 is 11.6 Å². The average molecular weight is 365 g/mol. The highest BCUT2D eigenvalue weighted by Crippen LogP contribution is 2.22. The molecule has 5 nitrogen and oxygen atoms in total. The number of para-hydroxylation sites is 1. The van der Waals surface area contributed by atoms with Crippen LogP contribution in [0.4, 0.5) is 5.82 Å². The Hall–Kier alpha value is -3.05. The number of fused-ring (bicyclic) bond motifs is 1. The van der Waals surface area contributed by atoms with Crippen molar-refractivity contribution in [2.24, 2.45) is 0 Å². The summed E-state index contributed by atoms with van der Waals surface area (Å²) in [5.41, 5.74) is 3.60. The van der Waals surface area contributed by atoms with Gasteiger partial charge in [-0.2, -0.15) is 5.10 Å². The minimum absolute atomic E-state index is 0.0991. The van der Waals surface area contributed by atoms with E-state index in [0.29, 0.717) is 10.8 Å². The summed E-state index contributed by atoms with van der Waals surface area (Å²) in [5, 5.41) is 9.09. The van der Waals surface area contributed by atoms with Gasteiger partial charge in [-0.3, -0.25) is 4.79 Å². The van der Waals surface area contributed by atoms with Gasteiger partial charge in [0.2, 0.25) is 5.91 Å². The lowest BCUT2D eigenvalue weighted by Crippen LogP contribution is -2.17. The number of carbonyl (C=O) groups excluding carboxylic acids is 1. The first-order valence-corrected chi connectivity index (χ1v) is 8.65. The van der Waals surface area contributed by atoms with Crippen LogP contribution in [-0.4, -0.2) is 20.7 Å². The molecule has 130 valence electrons. The van der Waals surface area contributed by atoms with Crippen molar-refractivity contribution in [3.63, 3.8) is 0 Å². The second kappa shape index (κ2) is 6.69. The van der Waals surface area contributed by atoms with Gasteiger partial charge >= 0.3 is 0 Å². The van der Waals surface area contributed by atoms with Crippen LogP contribution in [0.25, 0.3) is 16.6 Å². The minimum Gasteiger partial charge on any atom is -0.361 e. The lowest BCUT2D eigenvalue weighted by Gasteiger charge is -2.09. The molecule has 2 aromatic carbocycles. The van der Waals surface area contributed by atoms with Crippen molar-refractivity contribution in [3.05, 3.63) is 77.1 Å². The van der Waals surface area contributed by atoms with Gasteiger partial charge in [-0.1, -0.05) is 35.9 Å². The maximum Gasteiger partial charge on any atom is 0.230 e. The third kappa shape index (κ3) is 3.21. The lowest BCUT2D eigenvalue weighted by molar-refractivity contribution is -0.115. The van der Waals surface area contributed by atoms with E-state index in [-0.39, 0.29) is 12.3 Å². The third-order valence-corrected chi connectivity index (χ3v) is 4.41. The van der Waals surface area contributed by atoms with Crippen LogP contribution in [0.1, 0.15) is 11.3 Å². The number of carbonyl (C=O) groups is 1. The Balaban J connectivity index is 1.58. The van der Waals surface area contributed by atoms with Crippen molar-refractivity contribution in [2.75, 3.05) is 5.32 Å². The van der Waals surface area contributed by atoms with Crippen LogP contribution in [0.3, 0.4) is 0 Å². The molecular weight excluding hydrogens is 348 g/mol. The summed E-state index contributed by atoms with van der Waals surface area (Å²) >= 11 is 6.08. The summed E-state index contributed by atoms with van der Waals surface area (Å²) in [4.78, 5) is 15.8. The molecule has 1 amide bonds. The van der Waals surface area contributed by atoms with Crippen molar-refractivity contribution in [3.8, 4) is 5.69 Å². The van der Waals surface area contributed by atoms with Gasteiger partial charge in [-0.15, -0.1) is 0 Å². The molecule has 0 atom stereocenters. The molecule has 4 rings (SSSR count). The summed E-state index contributed by atoms with van der Waals surface area (Å²) in [7, 11) is 0. The Labute approximate surface area is 155 Å². The Morgan fingerprint density at radius 1 is 1.19 bits per heavy atom. The summed E-state index contributed by atoms with van der Waals surface area (Å²) in [6, 6.07) is 17.1. The molecule has 0 saturated heterocycles. The monoisotopic (exact) mass is 364 g/mol. The molecule has 26 heavy (non-hydrogen) atoms. The van der Waals surface area contributed by atoms with Crippen molar-refractivity contribution in [2.45, 2.75) is 13.3 Å². The average Bonchev–Trinajstić information content (AvgIpc) is 3.19. The molecule has 0 radical (unpaired) electrons. The molecule has 0 spiro atoms. The van der Waals surface area contributed by atoms with E-state index in [2.05, 4.69) is 15.4 Å². The lowest BCUT2D eigenvalue weighted by atomic mass is 10.1. The highest BCUT2D eigenvalue weighted by Gasteiger charge is 2.13. The van der Waals surface area contributed by atoms with Crippen LogP contribution < -0.4 is 5.32 Å². The van der Waals surface area contributed by atoms with E-state index < -0.39 is 0 Å². The fourth-order valence-electron chi connectivity index (χ4n) is 3.03. The van der Waals surface area contributed by atoms with E-state index in [4.69, 9.17) is 11.6 Å². The predicted molar refractivity (Wildman–Crippen MR) is 104 cm³/mol. The number of hydrogen-bond donors (Lipinski definition) is 2. The third-order valence-electron chi connectivity index (χ3n) is 4.18. The van der Waals surface area contributed by atoms with Gasteiger partial charge < -0.3 is 10.3 Å². The van der Waals surface area contributed by atoms with Crippen molar-refractivity contribution >= 4 is 34.2 Å². The molecule has 4 aromatic rings. The first kappa shape index (κ1) is 16.4. The number of nitrogens with zero attached hydrogens (tertiary/aromatic N) is 2. The Morgan fingerprint density at radius 3 is 2.88 bits per heavy atom. The normalized spacial score (nSPS) is 11.0. The first-order valence-electron chi connectivity index (χ1n) is 8.27. The van der Waals surface area contributed by atoms with Gasteiger partial charge in [0, 0.05) is 28.2 Å². The molecule has 0 aliphatic carbocycles. The van der Waals surface area contributed by atoms with Crippen LogP contribution in [0, 0.1) is 6.92 Å². The fourth-order valence-corrected chi connectivity index (χ4v) is 3.22. The maximum absolute atomic E-state index is 12.6. The Morgan fingerprint density at radius 2 is 2.04 bits per heavy atom. The number of aromatic nitrogens is 3. The van der Waals surface area contributed by atoms with E-state index in [1.54, 1.807) is 10.7 Å². The molecule has 6 heteroatoms. The number of nitrogens with one attached hydrogen (secondary N) is 2. The van der Waals surface area contributed by atoms with E-state index in [1.807, 2.05) is 61.7 Å². The van der Waals surface area contributed by atoms with Gasteiger partial charge in [0.1, 0.15) is 5.82 Å². The van der Waals surface area contributed by atoms with E-state index in [0.717, 1.165) is 27.8 Å². The van der Waals surface area contributed by atoms with Crippen molar-refractivity contribution < 1.29 is 4.79 Å². The molecule has 2 N–H and O–H groups in total. The first-order chi connectivity index (χ1) is 12.6. The number of aryl methyl sites for hydroxylation is 1. The minimum atomic E-state index is -0.0991. The molecule has 0 saturated carbocycles. The van der Waals surface area contributed by atoms with Crippen LogP contribution in [0.15, 0.2) is 60.8 Å². The summed E-state index contributed by atoms with van der Waals surface area (Å²) < 4.78 is 1.69. The SMILES string of the molecule is Cc1cc(NC(=O)Cc2c[nH]c3ccccc23)n(-c2cccc(Cl)c2)n1. The molecule has 2 heterocycles. The Kier molecular flexibility index (Phi) is 4.22. The summed E-state index contributed by atoms with van der Waals surface area (Å²) in [6.45, 7) is 1.89. The molecule has 0 aliphatic heterocycles. The zero-order valence-electron chi connectivity index (χ0n) is 14.2. The van der Waals surface area contributed by atoms with Crippen molar-refractivity contribution in [1.29, 1.82) is 0 Å². The topological polar surface area (TPSA) is 62.7 Å². The van der Waals surface area contributed by atoms with Gasteiger partial charge in [0.25, 0.3) is 0 Å².